The van der Waals surface area contributed by atoms with E-state index in [0.717, 1.165) is 19.5 Å². The van der Waals surface area contributed by atoms with Crippen LogP contribution in [0.15, 0.2) is 12.3 Å². The van der Waals surface area contributed by atoms with E-state index >= 15 is 0 Å². The standard InChI is InChI=1S/C13H17N5O2/c14-7-11-6-12(18(19)20)13(17-9-11)16-5-3-10-2-1-4-15-8-10/h6,9-10,15H,1-5,8H2,(H,16,17). The van der Waals surface area contributed by atoms with E-state index in [-0.39, 0.29) is 17.1 Å². The molecule has 1 atom stereocenters. The van der Waals surface area contributed by atoms with Gasteiger partial charge in [-0.15, -0.1) is 0 Å². The third-order valence-corrected chi connectivity index (χ3v) is 3.44. The SMILES string of the molecule is N#Cc1cnc(NCCC2CCCNC2)c([N+](=O)[O-])c1. The average molecular weight is 275 g/mol. The van der Waals surface area contributed by atoms with Crippen molar-refractivity contribution in [2.45, 2.75) is 19.3 Å². The van der Waals surface area contributed by atoms with Crippen LogP contribution in [0.5, 0.6) is 0 Å². The lowest BCUT2D eigenvalue weighted by atomic mass is 9.96. The van der Waals surface area contributed by atoms with Crippen LogP contribution in [0.25, 0.3) is 0 Å². The van der Waals surface area contributed by atoms with Crippen LogP contribution >= 0.6 is 0 Å². The van der Waals surface area contributed by atoms with Crippen molar-refractivity contribution in [3.63, 3.8) is 0 Å². The summed E-state index contributed by atoms with van der Waals surface area (Å²) in [7, 11) is 0. The zero-order valence-electron chi connectivity index (χ0n) is 11.1. The predicted octanol–water partition coefficient (Wildman–Crippen LogP) is 1.66. The molecule has 2 heterocycles. The summed E-state index contributed by atoms with van der Waals surface area (Å²) >= 11 is 0. The molecule has 1 aromatic rings. The van der Waals surface area contributed by atoms with E-state index in [0.29, 0.717) is 12.5 Å². The number of hydrogen-bond donors (Lipinski definition) is 2. The highest BCUT2D eigenvalue weighted by molar-refractivity contribution is 5.58. The summed E-state index contributed by atoms with van der Waals surface area (Å²) < 4.78 is 0. The highest BCUT2D eigenvalue weighted by Crippen LogP contribution is 2.23. The van der Waals surface area contributed by atoms with Gasteiger partial charge in [0.15, 0.2) is 0 Å². The smallest absolute Gasteiger partial charge is 0.312 e. The maximum absolute atomic E-state index is 11.0. The van der Waals surface area contributed by atoms with Crippen molar-refractivity contribution in [2.24, 2.45) is 5.92 Å². The molecule has 0 saturated carbocycles. The third kappa shape index (κ3) is 3.65. The Bertz CT molecular complexity index is 520. The molecule has 0 aromatic carbocycles. The lowest BCUT2D eigenvalue weighted by Gasteiger charge is -2.22. The first-order chi connectivity index (χ1) is 9.70. The second kappa shape index (κ2) is 6.82. The molecule has 0 aliphatic carbocycles. The Morgan fingerprint density at radius 1 is 1.65 bits per heavy atom. The number of rotatable bonds is 5. The Labute approximate surface area is 117 Å². The maximum Gasteiger partial charge on any atom is 0.312 e. The van der Waals surface area contributed by atoms with E-state index in [1.807, 2.05) is 6.07 Å². The van der Waals surface area contributed by atoms with Crippen molar-refractivity contribution in [3.05, 3.63) is 27.9 Å². The molecule has 1 aromatic heterocycles. The molecule has 1 saturated heterocycles. The van der Waals surface area contributed by atoms with Gasteiger partial charge in [-0.3, -0.25) is 10.1 Å². The summed E-state index contributed by atoms with van der Waals surface area (Å²) in [5.41, 5.74) is 0.0459. The summed E-state index contributed by atoms with van der Waals surface area (Å²) in [4.78, 5) is 14.4. The molecule has 1 fully saturated rings. The Morgan fingerprint density at radius 2 is 2.50 bits per heavy atom. The molecule has 0 radical (unpaired) electrons. The predicted molar refractivity (Wildman–Crippen MR) is 74.3 cm³/mol. The third-order valence-electron chi connectivity index (χ3n) is 3.44. The van der Waals surface area contributed by atoms with Gasteiger partial charge >= 0.3 is 5.69 Å². The van der Waals surface area contributed by atoms with E-state index in [4.69, 9.17) is 5.26 Å². The Balaban J connectivity index is 1.94. The number of nitrogens with zero attached hydrogens (tertiary/aromatic N) is 3. The number of pyridine rings is 1. The van der Waals surface area contributed by atoms with Crippen molar-refractivity contribution in [3.8, 4) is 6.07 Å². The molecule has 2 rings (SSSR count). The number of nitrogens with one attached hydrogen (secondary N) is 2. The molecule has 20 heavy (non-hydrogen) atoms. The van der Waals surface area contributed by atoms with Crippen LogP contribution in [0.4, 0.5) is 11.5 Å². The monoisotopic (exact) mass is 275 g/mol. The van der Waals surface area contributed by atoms with Crippen LogP contribution in [-0.2, 0) is 0 Å². The van der Waals surface area contributed by atoms with Crippen LogP contribution < -0.4 is 10.6 Å². The molecule has 0 bridgehead atoms. The summed E-state index contributed by atoms with van der Waals surface area (Å²) in [6, 6.07) is 3.10. The first kappa shape index (κ1) is 14.2. The number of anilines is 1. The second-order valence-corrected chi connectivity index (χ2v) is 4.89. The van der Waals surface area contributed by atoms with Gasteiger partial charge in [-0.05, 0) is 38.3 Å². The molecule has 1 unspecified atom stereocenters. The fraction of sp³-hybridized carbons (Fsp3) is 0.538. The minimum Gasteiger partial charge on any atom is -0.364 e. The van der Waals surface area contributed by atoms with Crippen LogP contribution in [0, 0.1) is 27.4 Å². The number of aromatic nitrogens is 1. The number of nitriles is 1. The van der Waals surface area contributed by atoms with Gasteiger partial charge in [0.1, 0.15) is 6.07 Å². The topological polar surface area (TPSA) is 104 Å². The van der Waals surface area contributed by atoms with Gasteiger partial charge in [0.2, 0.25) is 5.82 Å². The molecule has 1 aliphatic rings. The van der Waals surface area contributed by atoms with Gasteiger partial charge in [0, 0.05) is 18.8 Å². The maximum atomic E-state index is 11.0. The van der Waals surface area contributed by atoms with Gasteiger partial charge in [-0.25, -0.2) is 4.98 Å². The fourth-order valence-electron chi connectivity index (χ4n) is 2.35. The quantitative estimate of drug-likeness (QED) is 0.625. The zero-order valence-corrected chi connectivity index (χ0v) is 11.1. The highest BCUT2D eigenvalue weighted by Gasteiger charge is 2.17. The largest absolute Gasteiger partial charge is 0.364 e. The summed E-state index contributed by atoms with van der Waals surface area (Å²) in [6.07, 6.45) is 4.67. The van der Waals surface area contributed by atoms with Crippen molar-refractivity contribution >= 4 is 11.5 Å². The Kier molecular flexibility index (Phi) is 4.85. The molecule has 2 N–H and O–H groups in total. The molecule has 7 nitrogen and oxygen atoms in total. The van der Waals surface area contributed by atoms with Gasteiger partial charge in [0.25, 0.3) is 0 Å². The second-order valence-electron chi connectivity index (χ2n) is 4.89. The number of piperidine rings is 1. The van der Waals surface area contributed by atoms with E-state index in [2.05, 4.69) is 15.6 Å². The highest BCUT2D eigenvalue weighted by atomic mass is 16.6. The van der Waals surface area contributed by atoms with E-state index < -0.39 is 4.92 Å². The first-order valence-electron chi connectivity index (χ1n) is 6.70. The van der Waals surface area contributed by atoms with Crippen molar-refractivity contribution in [1.29, 1.82) is 5.26 Å². The number of hydrogen-bond acceptors (Lipinski definition) is 6. The normalized spacial score (nSPS) is 18.2. The van der Waals surface area contributed by atoms with E-state index in [9.17, 15) is 10.1 Å². The minimum absolute atomic E-state index is 0.147. The zero-order chi connectivity index (χ0) is 14.4. The molecule has 0 spiro atoms. The summed E-state index contributed by atoms with van der Waals surface area (Å²) in [5.74, 6) is 0.839. The Hall–Kier alpha value is -2.20. The van der Waals surface area contributed by atoms with Crippen LogP contribution in [-0.4, -0.2) is 29.5 Å². The molecular formula is C13H17N5O2. The Morgan fingerprint density at radius 3 is 3.15 bits per heavy atom. The summed E-state index contributed by atoms with van der Waals surface area (Å²) in [5, 5.41) is 26.0. The lowest BCUT2D eigenvalue weighted by molar-refractivity contribution is -0.384. The van der Waals surface area contributed by atoms with Crippen LogP contribution in [0.2, 0.25) is 0 Å². The van der Waals surface area contributed by atoms with Gasteiger partial charge in [-0.2, -0.15) is 5.26 Å². The minimum atomic E-state index is -0.516. The van der Waals surface area contributed by atoms with Gasteiger partial charge < -0.3 is 10.6 Å². The molecule has 7 heteroatoms. The van der Waals surface area contributed by atoms with E-state index in [1.54, 1.807) is 0 Å². The van der Waals surface area contributed by atoms with Gasteiger partial charge in [-0.1, -0.05) is 0 Å². The summed E-state index contributed by atoms with van der Waals surface area (Å²) in [6.45, 7) is 2.73. The van der Waals surface area contributed by atoms with Crippen molar-refractivity contribution in [1.82, 2.24) is 10.3 Å². The molecule has 1 aliphatic heterocycles. The van der Waals surface area contributed by atoms with Gasteiger partial charge in [0.05, 0.1) is 10.5 Å². The average Bonchev–Trinajstić information content (AvgIpc) is 2.48. The van der Waals surface area contributed by atoms with E-state index in [1.165, 1.54) is 25.1 Å². The van der Waals surface area contributed by atoms with Crippen LogP contribution in [0.1, 0.15) is 24.8 Å². The molecule has 106 valence electrons. The lowest BCUT2D eigenvalue weighted by Crippen LogP contribution is -2.30. The number of nitro groups is 1. The molecular weight excluding hydrogens is 258 g/mol. The van der Waals surface area contributed by atoms with Crippen LogP contribution in [0.3, 0.4) is 0 Å². The van der Waals surface area contributed by atoms with Crippen molar-refractivity contribution in [2.75, 3.05) is 25.0 Å². The molecule has 0 amide bonds. The van der Waals surface area contributed by atoms with Crippen molar-refractivity contribution < 1.29 is 4.92 Å². The fourth-order valence-corrected chi connectivity index (χ4v) is 2.35. The first-order valence-corrected chi connectivity index (χ1v) is 6.70.